The zero-order valence-electron chi connectivity index (χ0n) is 5.50. The van der Waals surface area contributed by atoms with Gasteiger partial charge in [0.05, 0.1) is 11.8 Å². The van der Waals surface area contributed by atoms with Crippen molar-refractivity contribution in [2.45, 2.75) is 0 Å². The van der Waals surface area contributed by atoms with Gasteiger partial charge in [0, 0.05) is 0 Å². The number of hydrogen-bond donors (Lipinski definition) is 3. The molecule has 0 aliphatic heterocycles. The van der Waals surface area contributed by atoms with Crippen LogP contribution in [0.3, 0.4) is 0 Å². The highest BCUT2D eigenvalue weighted by Crippen LogP contribution is 1.99. The number of amides is 1. The summed E-state index contributed by atoms with van der Waals surface area (Å²) in [7, 11) is 0. The molecule has 6 heteroatoms. The maximum Gasteiger partial charge on any atom is 0.288 e. The van der Waals surface area contributed by atoms with E-state index in [0.29, 0.717) is 0 Å². The molecule has 11 heavy (non-hydrogen) atoms. The van der Waals surface area contributed by atoms with Crippen LogP contribution in [-0.2, 0) is 0 Å². The molecular weight excluding hydrogens is 148 g/mol. The molecule has 6 nitrogen and oxygen atoms in total. The summed E-state index contributed by atoms with van der Waals surface area (Å²) < 4.78 is 0. The van der Waals surface area contributed by atoms with Crippen LogP contribution in [0.2, 0.25) is 0 Å². The van der Waals surface area contributed by atoms with Gasteiger partial charge in [-0.25, -0.2) is 5.10 Å². The molecule has 0 saturated heterocycles. The lowest BCUT2D eigenvalue weighted by atomic mass is 10.2. The summed E-state index contributed by atoms with van der Waals surface area (Å²) in [5.74, 6) is -0.763. The number of nitrogen functional groups attached to an aromatic ring is 1. The molecule has 0 spiro atoms. The van der Waals surface area contributed by atoms with Crippen molar-refractivity contribution in [3.8, 4) is 0 Å². The van der Waals surface area contributed by atoms with E-state index in [9.17, 15) is 9.59 Å². The van der Waals surface area contributed by atoms with Crippen LogP contribution in [-0.4, -0.2) is 16.1 Å². The first-order valence-electron chi connectivity index (χ1n) is 2.76. The van der Waals surface area contributed by atoms with Crippen molar-refractivity contribution >= 4 is 11.6 Å². The Labute approximate surface area is 61.2 Å². The monoisotopic (exact) mass is 154 g/mol. The van der Waals surface area contributed by atoms with Crippen molar-refractivity contribution in [3.05, 3.63) is 22.1 Å². The van der Waals surface area contributed by atoms with Crippen LogP contribution in [0.1, 0.15) is 10.4 Å². The van der Waals surface area contributed by atoms with E-state index in [-0.39, 0.29) is 11.3 Å². The molecule has 1 amide bonds. The fourth-order valence-corrected chi connectivity index (χ4v) is 0.604. The molecule has 0 radical (unpaired) electrons. The maximum atomic E-state index is 10.7. The molecule has 5 N–H and O–H groups in total. The smallest absolute Gasteiger partial charge is 0.288 e. The molecule has 0 atom stereocenters. The summed E-state index contributed by atoms with van der Waals surface area (Å²) in [5.41, 5.74) is 9.20. The highest BCUT2D eigenvalue weighted by atomic mass is 16.1. The molecule has 58 valence electrons. The van der Waals surface area contributed by atoms with Crippen molar-refractivity contribution in [3.63, 3.8) is 0 Å². The Morgan fingerprint density at radius 1 is 1.64 bits per heavy atom. The van der Waals surface area contributed by atoms with Gasteiger partial charge in [-0.3, -0.25) is 9.59 Å². The van der Waals surface area contributed by atoms with E-state index in [1.807, 2.05) is 0 Å². The molecule has 0 saturated carbocycles. The second kappa shape index (κ2) is 2.41. The fraction of sp³-hybridized carbons (Fsp3) is 0. The van der Waals surface area contributed by atoms with Crippen LogP contribution < -0.4 is 17.0 Å². The Balaban J connectivity index is 3.39. The lowest BCUT2D eigenvalue weighted by Gasteiger charge is -1.95. The van der Waals surface area contributed by atoms with E-state index in [1.165, 1.54) is 0 Å². The third kappa shape index (κ3) is 1.18. The number of H-pyrrole nitrogens is 1. The number of aromatic nitrogens is 2. The Hall–Kier alpha value is -1.85. The van der Waals surface area contributed by atoms with E-state index >= 15 is 0 Å². The van der Waals surface area contributed by atoms with Gasteiger partial charge < -0.3 is 11.5 Å². The molecule has 1 heterocycles. The van der Waals surface area contributed by atoms with Gasteiger partial charge in [0.2, 0.25) is 0 Å². The zero-order chi connectivity index (χ0) is 8.43. The normalized spacial score (nSPS) is 9.45. The second-order valence-electron chi connectivity index (χ2n) is 1.89. The predicted octanol–water partition coefficient (Wildman–Crippen LogP) is -1.55. The van der Waals surface area contributed by atoms with E-state index < -0.39 is 11.5 Å². The molecule has 1 aromatic rings. The predicted molar refractivity (Wildman–Crippen MR) is 37.8 cm³/mol. The van der Waals surface area contributed by atoms with Crippen LogP contribution >= 0.6 is 0 Å². The van der Waals surface area contributed by atoms with E-state index in [2.05, 4.69) is 10.2 Å². The Morgan fingerprint density at radius 2 is 2.27 bits per heavy atom. The Bertz CT molecular complexity index is 343. The van der Waals surface area contributed by atoms with Crippen molar-refractivity contribution in [1.29, 1.82) is 0 Å². The van der Waals surface area contributed by atoms with Gasteiger partial charge in [-0.1, -0.05) is 0 Å². The van der Waals surface area contributed by atoms with E-state index in [1.54, 1.807) is 0 Å². The third-order valence-electron chi connectivity index (χ3n) is 1.16. The number of carbonyl (C=O) groups excluding carboxylic acids is 1. The summed E-state index contributed by atoms with van der Waals surface area (Å²) in [6.07, 6.45) is 1.11. The average Bonchev–Trinajstić information content (AvgIpc) is 1.94. The van der Waals surface area contributed by atoms with Gasteiger partial charge >= 0.3 is 0 Å². The summed E-state index contributed by atoms with van der Waals surface area (Å²) >= 11 is 0. The number of carbonyl (C=O) groups is 1. The first-order chi connectivity index (χ1) is 5.13. The van der Waals surface area contributed by atoms with Crippen LogP contribution in [0.5, 0.6) is 0 Å². The number of primary amides is 1. The number of anilines is 1. The second-order valence-corrected chi connectivity index (χ2v) is 1.89. The SMILES string of the molecule is NC(=O)c1cn[nH]c(=O)c1N. The zero-order valence-corrected chi connectivity index (χ0v) is 5.50. The number of aromatic amines is 1. The Morgan fingerprint density at radius 3 is 2.73 bits per heavy atom. The number of rotatable bonds is 1. The number of nitrogens with zero attached hydrogens (tertiary/aromatic N) is 1. The van der Waals surface area contributed by atoms with E-state index in [0.717, 1.165) is 6.20 Å². The van der Waals surface area contributed by atoms with Crippen LogP contribution in [0, 0.1) is 0 Å². The van der Waals surface area contributed by atoms with Crippen molar-refractivity contribution in [1.82, 2.24) is 10.2 Å². The van der Waals surface area contributed by atoms with Gasteiger partial charge in [0.1, 0.15) is 5.69 Å². The van der Waals surface area contributed by atoms with Gasteiger partial charge in [0.25, 0.3) is 11.5 Å². The van der Waals surface area contributed by atoms with Gasteiger partial charge in [-0.2, -0.15) is 5.10 Å². The molecule has 0 aliphatic rings. The molecule has 1 rings (SSSR count). The quantitative estimate of drug-likeness (QED) is 0.454. The fourth-order valence-electron chi connectivity index (χ4n) is 0.604. The summed E-state index contributed by atoms with van der Waals surface area (Å²) in [6.45, 7) is 0. The van der Waals surface area contributed by atoms with Crippen molar-refractivity contribution in [2.24, 2.45) is 5.73 Å². The number of nitrogens with one attached hydrogen (secondary N) is 1. The molecule has 0 unspecified atom stereocenters. The Kier molecular flexibility index (Phi) is 1.59. The first kappa shape index (κ1) is 7.26. The lowest BCUT2D eigenvalue weighted by Crippen LogP contribution is -2.21. The summed E-state index contributed by atoms with van der Waals surface area (Å²) in [5, 5.41) is 5.40. The summed E-state index contributed by atoms with van der Waals surface area (Å²) in [6, 6.07) is 0. The summed E-state index contributed by atoms with van der Waals surface area (Å²) in [4.78, 5) is 21.2. The van der Waals surface area contributed by atoms with Gasteiger partial charge in [-0.05, 0) is 0 Å². The first-order valence-corrected chi connectivity index (χ1v) is 2.76. The van der Waals surface area contributed by atoms with Crippen molar-refractivity contribution in [2.75, 3.05) is 5.73 Å². The van der Waals surface area contributed by atoms with E-state index in [4.69, 9.17) is 11.5 Å². The van der Waals surface area contributed by atoms with Crippen LogP contribution in [0.15, 0.2) is 11.0 Å². The number of nitrogens with two attached hydrogens (primary N) is 2. The molecule has 0 fully saturated rings. The number of hydrogen-bond acceptors (Lipinski definition) is 4. The molecular formula is C5H6N4O2. The van der Waals surface area contributed by atoms with Crippen LogP contribution in [0.25, 0.3) is 0 Å². The average molecular weight is 154 g/mol. The maximum absolute atomic E-state index is 10.7. The largest absolute Gasteiger partial charge is 0.394 e. The molecule has 0 aliphatic carbocycles. The highest BCUT2D eigenvalue weighted by Gasteiger charge is 2.07. The standard InChI is InChI=1S/C5H6N4O2/c6-3-2(4(7)10)1-8-9-5(3)11/h1H,(H2,6,8)(H2,7,10)(H,9,11). The molecule has 0 aromatic carbocycles. The minimum atomic E-state index is -0.763. The van der Waals surface area contributed by atoms with Gasteiger partial charge in [0.15, 0.2) is 0 Å². The topological polar surface area (TPSA) is 115 Å². The third-order valence-corrected chi connectivity index (χ3v) is 1.16. The van der Waals surface area contributed by atoms with Crippen molar-refractivity contribution < 1.29 is 4.79 Å². The molecule has 0 bridgehead atoms. The van der Waals surface area contributed by atoms with Crippen LogP contribution in [0.4, 0.5) is 5.69 Å². The van der Waals surface area contributed by atoms with Gasteiger partial charge in [-0.15, -0.1) is 0 Å². The highest BCUT2D eigenvalue weighted by molar-refractivity contribution is 5.97. The minimum absolute atomic E-state index is 0.0613. The minimum Gasteiger partial charge on any atom is -0.394 e. The molecule has 1 aromatic heterocycles. The lowest BCUT2D eigenvalue weighted by molar-refractivity contribution is 0.100.